The number of rotatable bonds is 3. The Bertz CT molecular complexity index is 904. The van der Waals surface area contributed by atoms with Gasteiger partial charge < -0.3 is 10.1 Å². The van der Waals surface area contributed by atoms with Gasteiger partial charge in [-0.05, 0) is 24.3 Å². The van der Waals surface area contributed by atoms with Crippen molar-refractivity contribution in [2.45, 2.75) is 0 Å². The highest BCUT2D eigenvalue weighted by Crippen LogP contribution is 2.36. The molecule has 0 aliphatic heterocycles. The highest BCUT2D eigenvalue weighted by Gasteiger charge is 2.21. The molecular formula is C17H12ClNO3S. The van der Waals surface area contributed by atoms with E-state index < -0.39 is 5.97 Å². The number of halogens is 1. The molecule has 3 aromatic rings. The predicted molar refractivity (Wildman–Crippen MR) is 92.6 cm³/mol. The van der Waals surface area contributed by atoms with Crippen LogP contribution in [0.3, 0.4) is 0 Å². The quantitative estimate of drug-likeness (QED) is 0.706. The van der Waals surface area contributed by atoms with Gasteiger partial charge in [0.25, 0.3) is 5.91 Å². The molecule has 0 saturated heterocycles. The summed E-state index contributed by atoms with van der Waals surface area (Å²) >= 11 is 7.24. The fourth-order valence-corrected chi connectivity index (χ4v) is 3.52. The lowest BCUT2D eigenvalue weighted by molar-refractivity contribution is 0.0604. The zero-order valence-corrected chi connectivity index (χ0v) is 13.7. The maximum atomic E-state index is 12.4. The molecule has 116 valence electrons. The van der Waals surface area contributed by atoms with Crippen molar-refractivity contribution in [2.24, 2.45) is 0 Å². The number of fused-ring (bicyclic) bond motifs is 1. The number of hydrogen-bond acceptors (Lipinski definition) is 4. The highest BCUT2D eigenvalue weighted by atomic mass is 35.5. The monoisotopic (exact) mass is 345 g/mol. The average molecular weight is 346 g/mol. The number of amides is 1. The van der Waals surface area contributed by atoms with E-state index in [1.54, 1.807) is 24.3 Å². The van der Waals surface area contributed by atoms with Gasteiger partial charge in [-0.3, -0.25) is 4.79 Å². The molecule has 0 bridgehead atoms. The van der Waals surface area contributed by atoms with Crippen LogP contribution < -0.4 is 5.32 Å². The number of ether oxygens (including phenoxy) is 1. The van der Waals surface area contributed by atoms with E-state index in [2.05, 4.69) is 5.32 Å². The molecule has 1 N–H and O–H groups in total. The summed E-state index contributed by atoms with van der Waals surface area (Å²) in [4.78, 5) is 24.5. The van der Waals surface area contributed by atoms with Crippen LogP contribution in [0.2, 0.25) is 5.02 Å². The lowest BCUT2D eigenvalue weighted by Gasteiger charge is -2.06. The first-order valence-corrected chi connectivity index (χ1v) is 7.96. The Morgan fingerprint density at radius 3 is 2.65 bits per heavy atom. The van der Waals surface area contributed by atoms with Crippen LogP contribution in [0.25, 0.3) is 10.1 Å². The Labute approximate surface area is 141 Å². The molecule has 0 saturated carbocycles. The number of methoxy groups -OCH3 is 1. The minimum Gasteiger partial charge on any atom is -0.465 e. The Kier molecular flexibility index (Phi) is 4.32. The van der Waals surface area contributed by atoms with Crippen LogP contribution in [0.4, 0.5) is 5.00 Å². The highest BCUT2D eigenvalue weighted by molar-refractivity contribution is 7.23. The third-order valence-electron chi connectivity index (χ3n) is 3.30. The molecule has 1 aromatic heterocycles. The Morgan fingerprint density at radius 2 is 1.91 bits per heavy atom. The van der Waals surface area contributed by atoms with E-state index in [9.17, 15) is 9.59 Å². The summed E-state index contributed by atoms with van der Waals surface area (Å²) in [5.41, 5.74) is 0.786. The number of hydrogen-bond donors (Lipinski definition) is 1. The largest absolute Gasteiger partial charge is 0.465 e. The lowest BCUT2D eigenvalue weighted by Crippen LogP contribution is -2.13. The van der Waals surface area contributed by atoms with Crippen LogP contribution in [0, 0.1) is 0 Å². The molecule has 0 unspecified atom stereocenters. The molecule has 6 heteroatoms. The Hall–Kier alpha value is -2.37. The normalized spacial score (nSPS) is 10.5. The summed E-state index contributed by atoms with van der Waals surface area (Å²) in [7, 11) is 1.32. The molecule has 1 amide bonds. The average Bonchev–Trinajstić information content (AvgIpc) is 2.92. The summed E-state index contributed by atoms with van der Waals surface area (Å²) in [6.07, 6.45) is 0. The summed E-state index contributed by atoms with van der Waals surface area (Å²) in [6, 6.07) is 14.1. The van der Waals surface area contributed by atoms with E-state index in [1.807, 2.05) is 24.3 Å². The van der Waals surface area contributed by atoms with Gasteiger partial charge in [0.05, 0.1) is 7.11 Å². The van der Waals surface area contributed by atoms with Crippen LogP contribution in [0.1, 0.15) is 20.7 Å². The van der Waals surface area contributed by atoms with E-state index in [0.29, 0.717) is 21.2 Å². The van der Waals surface area contributed by atoms with E-state index in [-0.39, 0.29) is 5.91 Å². The molecule has 23 heavy (non-hydrogen) atoms. The molecule has 0 aliphatic carbocycles. The summed E-state index contributed by atoms with van der Waals surface area (Å²) in [5, 5.41) is 4.47. The number of nitrogens with one attached hydrogen (secondary N) is 1. The van der Waals surface area contributed by atoms with Gasteiger partial charge in [-0.25, -0.2) is 4.79 Å². The zero-order valence-electron chi connectivity index (χ0n) is 12.1. The van der Waals surface area contributed by atoms with Crippen LogP contribution in [-0.4, -0.2) is 19.0 Å². The molecule has 1 heterocycles. The van der Waals surface area contributed by atoms with Crippen molar-refractivity contribution in [3.8, 4) is 0 Å². The topological polar surface area (TPSA) is 55.4 Å². The van der Waals surface area contributed by atoms with Crippen molar-refractivity contribution >= 4 is 49.9 Å². The minimum atomic E-state index is -0.483. The molecule has 2 aromatic carbocycles. The number of benzene rings is 2. The van der Waals surface area contributed by atoms with E-state index in [1.165, 1.54) is 18.4 Å². The van der Waals surface area contributed by atoms with Gasteiger partial charge in [0.15, 0.2) is 0 Å². The van der Waals surface area contributed by atoms with Crippen LogP contribution in [-0.2, 0) is 4.74 Å². The molecule has 0 fully saturated rings. The predicted octanol–water partition coefficient (Wildman–Crippen LogP) is 4.59. The fraction of sp³-hybridized carbons (Fsp3) is 0.0588. The van der Waals surface area contributed by atoms with Gasteiger partial charge in [-0.2, -0.15) is 0 Å². The number of carbonyl (C=O) groups is 2. The first-order valence-electron chi connectivity index (χ1n) is 6.77. The zero-order chi connectivity index (χ0) is 16.4. The first-order chi connectivity index (χ1) is 11.1. The molecule has 0 aliphatic rings. The van der Waals surface area contributed by atoms with Gasteiger partial charge in [-0.1, -0.05) is 35.9 Å². The lowest BCUT2D eigenvalue weighted by atomic mass is 10.1. The SMILES string of the molecule is COC(=O)c1c(NC(=O)c2cccc(Cl)c2)sc2ccccc12. The van der Waals surface area contributed by atoms with Crippen molar-refractivity contribution < 1.29 is 14.3 Å². The van der Waals surface area contributed by atoms with Gasteiger partial charge >= 0.3 is 5.97 Å². The third kappa shape index (κ3) is 3.06. The second-order valence-corrected chi connectivity index (χ2v) is 6.25. The molecule has 0 radical (unpaired) electrons. The molecule has 3 rings (SSSR count). The molecule has 4 nitrogen and oxygen atoms in total. The summed E-state index contributed by atoms with van der Waals surface area (Å²) in [6.45, 7) is 0. The Morgan fingerprint density at radius 1 is 1.13 bits per heavy atom. The molecular weight excluding hydrogens is 334 g/mol. The van der Waals surface area contributed by atoms with Gasteiger partial charge in [0.2, 0.25) is 0 Å². The molecule has 0 atom stereocenters. The standard InChI is InChI=1S/C17H12ClNO3S/c1-22-17(21)14-12-7-2-3-8-13(12)23-16(14)19-15(20)10-5-4-6-11(18)9-10/h2-9H,1H3,(H,19,20). The second-order valence-electron chi connectivity index (χ2n) is 4.76. The smallest absolute Gasteiger partial charge is 0.341 e. The second kappa shape index (κ2) is 6.40. The Balaban J connectivity index is 2.02. The van der Waals surface area contributed by atoms with Gasteiger partial charge in [0.1, 0.15) is 10.6 Å². The first kappa shape index (κ1) is 15.5. The summed E-state index contributed by atoms with van der Waals surface area (Å²) in [5.74, 6) is -0.812. The van der Waals surface area contributed by atoms with E-state index in [4.69, 9.17) is 16.3 Å². The van der Waals surface area contributed by atoms with Crippen molar-refractivity contribution in [3.05, 3.63) is 64.7 Å². The van der Waals surface area contributed by atoms with Crippen molar-refractivity contribution in [1.29, 1.82) is 0 Å². The number of carbonyl (C=O) groups excluding carboxylic acids is 2. The van der Waals surface area contributed by atoms with E-state index in [0.717, 1.165) is 10.1 Å². The van der Waals surface area contributed by atoms with Crippen LogP contribution in [0.5, 0.6) is 0 Å². The number of thiophene rings is 1. The number of esters is 1. The van der Waals surface area contributed by atoms with Gasteiger partial charge in [0, 0.05) is 20.7 Å². The van der Waals surface area contributed by atoms with Crippen LogP contribution in [0.15, 0.2) is 48.5 Å². The maximum Gasteiger partial charge on any atom is 0.341 e. The molecule has 0 spiro atoms. The maximum absolute atomic E-state index is 12.4. The van der Waals surface area contributed by atoms with Crippen molar-refractivity contribution in [2.75, 3.05) is 12.4 Å². The van der Waals surface area contributed by atoms with Crippen molar-refractivity contribution in [3.63, 3.8) is 0 Å². The minimum absolute atomic E-state index is 0.329. The third-order valence-corrected chi connectivity index (χ3v) is 4.62. The number of anilines is 1. The fourth-order valence-electron chi connectivity index (χ4n) is 2.24. The van der Waals surface area contributed by atoms with Crippen molar-refractivity contribution in [1.82, 2.24) is 0 Å². The van der Waals surface area contributed by atoms with Gasteiger partial charge in [-0.15, -0.1) is 11.3 Å². The summed E-state index contributed by atoms with van der Waals surface area (Å²) < 4.78 is 5.74. The van der Waals surface area contributed by atoms with E-state index >= 15 is 0 Å². The van der Waals surface area contributed by atoms with Crippen LogP contribution >= 0.6 is 22.9 Å².